The Bertz CT molecular complexity index is 539. The molecule has 0 aliphatic carbocycles. The predicted molar refractivity (Wildman–Crippen MR) is 89.4 cm³/mol. The predicted octanol–water partition coefficient (Wildman–Crippen LogP) is 5.54. The Hall–Kier alpha value is 0.320. The van der Waals surface area contributed by atoms with Crippen molar-refractivity contribution in [3.8, 4) is 0 Å². The zero-order valence-corrected chi connectivity index (χ0v) is 15.3. The lowest BCUT2D eigenvalue weighted by atomic mass is 10.0. The average molecular weight is 454 g/mol. The smallest absolute Gasteiger partial charge is 0.0701 e. The van der Waals surface area contributed by atoms with Crippen molar-refractivity contribution in [2.45, 2.75) is 12.5 Å². The molecule has 0 amide bonds. The van der Waals surface area contributed by atoms with Crippen LogP contribution in [0.1, 0.15) is 16.5 Å². The molecule has 1 atom stereocenters. The summed E-state index contributed by atoms with van der Waals surface area (Å²) < 4.78 is 3.43. The van der Waals surface area contributed by atoms with Gasteiger partial charge in [0.1, 0.15) is 0 Å². The number of halogens is 3. The Labute approximate surface area is 136 Å². The Balaban J connectivity index is 2.25. The van der Waals surface area contributed by atoms with E-state index in [2.05, 4.69) is 77.4 Å². The minimum absolute atomic E-state index is 0.308. The molecule has 0 aliphatic rings. The molecule has 0 radical (unpaired) electrons. The fraction of sp³-hybridized carbons (Fsp3) is 0.231. The van der Waals surface area contributed by atoms with Crippen molar-refractivity contribution in [3.05, 3.63) is 53.5 Å². The van der Waals surface area contributed by atoms with Crippen LogP contribution in [0.5, 0.6) is 0 Å². The summed E-state index contributed by atoms with van der Waals surface area (Å²) in [6.45, 7) is 0. The second-order valence-electron chi connectivity index (χ2n) is 3.92. The van der Waals surface area contributed by atoms with Gasteiger partial charge in [-0.25, -0.2) is 0 Å². The molecule has 1 nitrogen and oxygen atoms in total. The maximum absolute atomic E-state index is 3.62. The van der Waals surface area contributed by atoms with Gasteiger partial charge in [-0.2, -0.15) is 0 Å². The Morgan fingerprint density at radius 3 is 2.56 bits per heavy atom. The highest BCUT2D eigenvalue weighted by atomic mass is 79.9. The minimum Gasteiger partial charge on any atom is -0.313 e. The van der Waals surface area contributed by atoms with Gasteiger partial charge in [-0.3, -0.25) is 0 Å². The summed E-state index contributed by atoms with van der Waals surface area (Å²) in [5.74, 6) is 0. The molecule has 18 heavy (non-hydrogen) atoms. The first-order valence-electron chi connectivity index (χ1n) is 5.46. The Kier molecular flexibility index (Phi) is 5.45. The lowest BCUT2D eigenvalue weighted by Crippen LogP contribution is -2.18. The zero-order valence-electron chi connectivity index (χ0n) is 9.71. The van der Waals surface area contributed by atoms with E-state index in [0.717, 1.165) is 15.4 Å². The van der Waals surface area contributed by atoms with Crippen LogP contribution in [0, 0.1) is 0 Å². The van der Waals surface area contributed by atoms with E-state index in [4.69, 9.17) is 0 Å². The quantitative estimate of drug-likeness (QED) is 0.641. The molecule has 96 valence electrons. The van der Waals surface area contributed by atoms with E-state index in [-0.39, 0.29) is 0 Å². The lowest BCUT2D eigenvalue weighted by Gasteiger charge is -2.17. The monoisotopic (exact) mass is 451 g/mol. The normalized spacial score (nSPS) is 12.7. The van der Waals surface area contributed by atoms with Crippen molar-refractivity contribution in [1.82, 2.24) is 5.32 Å². The van der Waals surface area contributed by atoms with E-state index in [1.54, 1.807) is 11.3 Å². The van der Waals surface area contributed by atoms with Crippen LogP contribution in [0.2, 0.25) is 0 Å². The maximum atomic E-state index is 3.62. The van der Waals surface area contributed by atoms with E-state index >= 15 is 0 Å². The first-order valence-corrected chi connectivity index (χ1v) is 8.66. The van der Waals surface area contributed by atoms with Gasteiger partial charge in [0.2, 0.25) is 0 Å². The van der Waals surface area contributed by atoms with Crippen LogP contribution in [0.15, 0.2) is 43.1 Å². The van der Waals surface area contributed by atoms with E-state index < -0.39 is 0 Å². The number of likely N-dealkylation sites (N-methyl/N-ethyl adjacent to an activating group) is 1. The second kappa shape index (κ2) is 6.66. The molecule has 1 aromatic heterocycles. The molecule has 2 aromatic rings. The van der Waals surface area contributed by atoms with Crippen molar-refractivity contribution in [1.29, 1.82) is 0 Å². The van der Waals surface area contributed by atoms with Crippen LogP contribution in [-0.2, 0) is 6.42 Å². The molecule has 0 fully saturated rings. The molecular formula is C13H12Br3NS. The van der Waals surface area contributed by atoms with Crippen LogP contribution in [0.25, 0.3) is 0 Å². The van der Waals surface area contributed by atoms with Crippen molar-refractivity contribution >= 4 is 59.1 Å². The van der Waals surface area contributed by atoms with E-state index in [0.29, 0.717) is 6.04 Å². The molecular weight excluding hydrogens is 442 g/mol. The van der Waals surface area contributed by atoms with Crippen LogP contribution >= 0.6 is 59.1 Å². The molecule has 0 saturated carbocycles. The number of thiophene rings is 1. The topological polar surface area (TPSA) is 12.0 Å². The highest BCUT2D eigenvalue weighted by molar-refractivity contribution is 9.11. The molecule has 0 aliphatic heterocycles. The van der Waals surface area contributed by atoms with Crippen LogP contribution in [0.3, 0.4) is 0 Å². The maximum Gasteiger partial charge on any atom is 0.0701 e. The molecule has 2 rings (SSSR count). The summed E-state index contributed by atoms with van der Waals surface area (Å²) in [5.41, 5.74) is 1.27. The minimum atomic E-state index is 0.308. The van der Waals surface area contributed by atoms with E-state index in [1.165, 1.54) is 14.2 Å². The summed E-state index contributed by atoms with van der Waals surface area (Å²) >= 11 is 12.4. The molecule has 1 heterocycles. The molecule has 0 spiro atoms. The first-order chi connectivity index (χ1) is 8.60. The average Bonchev–Trinajstić information content (AvgIpc) is 2.75. The molecule has 1 aromatic carbocycles. The third kappa shape index (κ3) is 3.67. The van der Waals surface area contributed by atoms with Crippen molar-refractivity contribution in [2.75, 3.05) is 7.05 Å². The lowest BCUT2D eigenvalue weighted by molar-refractivity contribution is 0.594. The molecule has 1 N–H and O–H groups in total. The van der Waals surface area contributed by atoms with Crippen LogP contribution < -0.4 is 5.32 Å². The Morgan fingerprint density at radius 2 is 1.94 bits per heavy atom. The van der Waals surface area contributed by atoms with Gasteiger partial charge in [-0.05, 0) is 58.9 Å². The van der Waals surface area contributed by atoms with Gasteiger partial charge in [0.05, 0.1) is 3.79 Å². The van der Waals surface area contributed by atoms with Gasteiger partial charge in [0.15, 0.2) is 0 Å². The third-order valence-corrected chi connectivity index (χ3v) is 5.58. The van der Waals surface area contributed by atoms with Gasteiger partial charge in [-0.1, -0.05) is 31.9 Å². The van der Waals surface area contributed by atoms with Gasteiger partial charge >= 0.3 is 0 Å². The third-order valence-electron chi connectivity index (χ3n) is 2.72. The molecule has 1 unspecified atom stereocenters. The summed E-state index contributed by atoms with van der Waals surface area (Å²) in [6.07, 6.45) is 0.988. The van der Waals surface area contributed by atoms with Crippen LogP contribution in [0.4, 0.5) is 0 Å². The SMILES string of the molecule is CNC(Cc1ccc(Br)s1)c1cc(Br)ccc1Br. The highest BCUT2D eigenvalue weighted by Crippen LogP contribution is 2.31. The number of hydrogen-bond donors (Lipinski definition) is 1. The second-order valence-corrected chi connectivity index (χ2v) is 8.23. The zero-order chi connectivity index (χ0) is 13.1. The summed E-state index contributed by atoms with van der Waals surface area (Å²) in [4.78, 5) is 1.37. The van der Waals surface area contributed by atoms with Crippen molar-refractivity contribution in [2.24, 2.45) is 0 Å². The molecule has 5 heteroatoms. The van der Waals surface area contributed by atoms with Gasteiger partial charge < -0.3 is 5.32 Å². The largest absolute Gasteiger partial charge is 0.313 e. The summed E-state index contributed by atoms with van der Waals surface area (Å²) in [7, 11) is 2.00. The van der Waals surface area contributed by atoms with Crippen molar-refractivity contribution < 1.29 is 0 Å². The number of benzene rings is 1. The number of nitrogens with one attached hydrogen (secondary N) is 1. The number of hydrogen-bond acceptors (Lipinski definition) is 2. The summed E-state index contributed by atoms with van der Waals surface area (Å²) in [6, 6.07) is 10.9. The van der Waals surface area contributed by atoms with Crippen molar-refractivity contribution in [3.63, 3.8) is 0 Å². The van der Waals surface area contributed by atoms with Gasteiger partial charge in [-0.15, -0.1) is 11.3 Å². The van der Waals surface area contributed by atoms with Crippen LogP contribution in [-0.4, -0.2) is 7.05 Å². The molecule has 0 saturated heterocycles. The summed E-state index contributed by atoms with van der Waals surface area (Å²) in [5, 5.41) is 3.38. The Morgan fingerprint density at radius 1 is 1.17 bits per heavy atom. The standard InChI is InChI=1S/C13H12Br3NS/c1-17-12(7-9-3-5-13(16)18-9)10-6-8(14)2-4-11(10)15/h2-6,12,17H,7H2,1H3. The highest BCUT2D eigenvalue weighted by Gasteiger charge is 2.14. The fourth-order valence-corrected chi connectivity index (χ4v) is 4.24. The fourth-order valence-electron chi connectivity index (χ4n) is 1.81. The van der Waals surface area contributed by atoms with Gasteiger partial charge in [0.25, 0.3) is 0 Å². The van der Waals surface area contributed by atoms with Gasteiger partial charge in [0, 0.05) is 26.3 Å². The number of rotatable bonds is 4. The van der Waals surface area contributed by atoms with E-state index in [9.17, 15) is 0 Å². The van der Waals surface area contributed by atoms with E-state index in [1.807, 2.05) is 13.1 Å². The first kappa shape index (κ1) is 14.7. The molecule has 0 bridgehead atoms.